The number of rotatable bonds is 8. The summed E-state index contributed by atoms with van der Waals surface area (Å²) in [7, 11) is 0. The average Bonchev–Trinajstić information content (AvgIpc) is 2.93. The first-order valence-corrected chi connectivity index (χ1v) is 7.97. The van der Waals surface area contributed by atoms with Gasteiger partial charge in [0, 0.05) is 35.2 Å². The molecule has 8 heteroatoms. The van der Waals surface area contributed by atoms with E-state index < -0.39 is 10.9 Å². The number of carboxylic acids is 1. The van der Waals surface area contributed by atoms with Gasteiger partial charge < -0.3 is 10.4 Å². The number of hydrogen-bond donors (Lipinski definition) is 2. The van der Waals surface area contributed by atoms with Crippen LogP contribution in [0.15, 0.2) is 24.3 Å². The summed E-state index contributed by atoms with van der Waals surface area (Å²) in [5.41, 5.74) is 0.000638. The number of amides is 1. The molecule has 7 nitrogen and oxygen atoms in total. The number of nitrogens with zero attached hydrogens (tertiary/aromatic N) is 1. The van der Waals surface area contributed by atoms with Crippen molar-refractivity contribution in [2.45, 2.75) is 25.7 Å². The van der Waals surface area contributed by atoms with Crippen LogP contribution in [0, 0.1) is 10.1 Å². The van der Waals surface area contributed by atoms with Crippen molar-refractivity contribution in [3.8, 4) is 0 Å². The van der Waals surface area contributed by atoms with E-state index in [0.29, 0.717) is 23.2 Å². The number of carboxylic acid groups (broad SMARTS) is 1. The summed E-state index contributed by atoms with van der Waals surface area (Å²) in [4.78, 5) is 33.2. The Bertz CT molecular complexity index is 741. The molecular formula is C15H16N2O5S. The second kappa shape index (κ2) is 7.68. The van der Waals surface area contributed by atoms with Gasteiger partial charge >= 0.3 is 5.97 Å². The minimum atomic E-state index is -0.812. The van der Waals surface area contributed by atoms with Crippen molar-refractivity contribution >= 4 is 39.0 Å². The van der Waals surface area contributed by atoms with Gasteiger partial charge in [0.1, 0.15) is 0 Å². The van der Waals surface area contributed by atoms with Gasteiger partial charge in [-0.25, -0.2) is 0 Å². The fraction of sp³-hybridized carbons (Fsp3) is 0.333. The van der Waals surface area contributed by atoms with Crippen LogP contribution in [0.2, 0.25) is 0 Å². The van der Waals surface area contributed by atoms with E-state index in [9.17, 15) is 19.7 Å². The van der Waals surface area contributed by atoms with Crippen molar-refractivity contribution in [2.24, 2.45) is 0 Å². The van der Waals surface area contributed by atoms with Gasteiger partial charge in [0.25, 0.3) is 11.6 Å². The number of fused-ring (bicyclic) bond motifs is 1. The van der Waals surface area contributed by atoms with Crippen LogP contribution >= 0.6 is 11.3 Å². The number of thiophene rings is 1. The SMILES string of the molecule is O=C(O)CCCCCNC(=O)c1cc2cc([N+](=O)[O-])ccc2s1. The van der Waals surface area contributed by atoms with Crippen molar-refractivity contribution in [1.82, 2.24) is 5.32 Å². The van der Waals surface area contributed by atoms with Crippen LogP contribution in [0.4, 0.5) is 5.69 Å². The number of aliphatic carboxylic acids is 1. The van der Waals surface area contributed by atoms with E-state index in [1.54, 1.807) is 12.1 Å². The first-order chi connectivity index (χ1) is 11.0. The molecular weight excluding hydrogens is 320 g/mol. The molecule has 1 heterocycles. The second-order valence-corrected chi connectivity index (χ2v) is 6.13. The minimum Gasteiger partial charge on any atom is -0.481 e. The van der Waals surface area contributed by atoms with Crippen LogP contribution in [0.25, 0.3) is 10.1 Å². The summed E-state index contributed by atoms with van der Waals surface area (Å²) in [5, 5.41) is 22.7. The number of benzene rings is 1. The Balaban J connectivity index is 1.88. The Morgan fingerprint density at radius 2 is 2.00 bits per heavy atom. The molecule has 0 fully saturated rings. The molecule has 122 valence electrons. The highest BCUT2D eigenvalue weighted by molar-refractivity contribution is 7.20. The van der Waals surface area contributed by atoms with Crippen LogP contribution in [0.5, 0.6) is 0 Å². The minimum absolute atomic E-state index is 0.000638. The lowest BCUT2D eigenvalue weighted by Crippen LogP contribution is -2.23. The molecule has 0 spiro atoms. The third-order valence-electron chi connectivity index (χ3n) is 3.29. The van der Waals surface area contributed by atoms with Crippen molar-refractivity contribution < 1.29 is 19.6 Å². The fourth-order valence-corrected chi connectivity index (χ4v) is 3.08. The normalized spacial score (nSPS) is 10.6. The molecule has 2 rings (SSSR count). The summed E-state index contributed by atoms with van der Waals surface area (Å²) < 4.78 is 0.821. The molecule has 0 radical (unpaired) electrons. The van der Waals surface area contributed by atoms with Gasteiger partial charge in [0.05, 0.1) is 9.80 Å². The highest BCUT2D eigenvalue weighted by Gasteiger charge is 2.12. The molecule has 0 aliphatic carbocycles. The molecule has 0 bridgehead atoms. The number of nitro groups is 1. The standard InChI is InChI=1S/C15H16N2O5S/c18-14(19)4-2-1-3-7-16-15(20)13-9-10-8-11(17(21)22)5-6-12(10)23-13/h5-6,8-9H,1-4,7H2,(H,16,20)(H,18,19). The van der Waals surface area contributed by atoms with Gasteiger partial charge in [-0.3, -0.25) is 19.7 Å². The predicted octanol–water partition coefficient (Wildman–Crippen LogP) is 3.18. The van der Waals surface area contributed by atoms with Crippen LogP contribution in [0.1, 0.15) is 35.4 Å². The lowest BCUT2D eigenvalue weighted by Gasteiger charge is -2.02. The van der Waals surface area contributed by atoms with E-state index in [0.717, 1.165) is 17.5 Å². The van der Waals surface area contributed by atoms with Gasteiger partial charge in [-0.15, -0.1) is 11.3 Å². The van der Waals surface area contributed by atoms with E-state index in [1.807, 2.05) is 0 Å². The zero-order valence-corrected chi connectivity index (χ0v) is 13.1. The van der Waals surface area contributed by atoms with E-state index in [1.165, 1.54) is 23.5 Å². The predicted molar refractivity (Wildman–Crippen MR) is 86.9 cm³/mol. The fourth-order valence-electron chi connectivity index (χ4n) is 2.12. The van der Waals surface area contributed by atoms with E-state index in [-0.39, 0.29) is 18.0 Å². The Morgan fingerprint density at radius 3 is 2.70 bits per heavy atom. The van der Waals surface area contributed by atoms with Crippen LogP contribution in [0.3, 0.4) is 0 Å². The zero-order valence-electron chi connectivity index (χ0n) is 12.3. The summed E-state index contributed by atoms with van der Waals surface area (Å²) in [6.45, 7) is 0.479. The lowest BCUT2D eigenvalue weighted by molar-refractivity contribution is -0.384. The van der Waals surface area contributed by atoms with Crippen LogP contribution in [-0.2, 0) is 4.79 Å². The van der Waals surface area contributed by atoms with Gasteiger partial charge in [-0.1, -0.05) is 6.42 Å². The molecule has 2 aromatic rings. The number of nitro benzene ring substituents is 1. The average molecular weight is 336 g/mol. The summed E-state index contributed by atoms with van der Waals surface area (Å²) in [5.74, 6) is -1.03. The Morgan fingerprint density at radius 1 is 1.22 bits per heavy atom. The first-order valence-electron chi connectivity index (χ1n) is 7.15. The molecule has 1 aromatic heterocycles. The monoisotopic (exact) mass is 336 g/mol. The highest BCUT2D eigenvalue weighted by atomic mass is 32.1. The molecule has 0 unspecified atom stereocenters. The third-order valence-corrected chi connectivity index (χ3v) is 4.40. The molecule has 1 aromatic carbocycles. The molecule has 0 aliphatic heterocycles. The number of non-ortho nitro benzene ring substituents is 1. The molecule has 1 amide bonds. The summed E-state index contributed by atoms with van der Waals surface area (Å²) in [6, 6.07) is 6.16. The molecule has 23 heavy (non-hydrogen) atoms. The third kappa shape index (κ3) is 4.75. The zero-order chi connectivity index (χ0) is 16.8. The van der Waals surface area contributed by atoms with Gasteiger partial charge in [-0.2, -0.15) is 0 Å². The van der Waals surface area contributed by atoms with Gasteiger partial charge in [0.15, 0.2) is 0 Å². The van der Waals surface area contributed by atoms with Gasteiger partial charge in [0.2, 0.25) is 0 Å². The van der Waals surface area contributed by atoms with Crippen molar-refractivity contribution in [2.75, 3.05) is 6.54 Å². The first kappa shape index (κ1) is 16.9. The number of hydrogen-bond acceptors (Lipinski definition) is 5. The summed E-state index contributed by atoms with van der Waals surface area (Å²) in [6.07, 6.45) is 2.20. The van der Waals surface area contributed by atoms with Crippen molar-refractivity contribution in [3.63, 3.8) is 0 Å². The van der Waals surface area contributed by atoms with E-state index >= 15 is 0 Å². The number of nitrogens with one attached hydrogen (secondary N) is 1. The maximum absolute atomic E-state index is 12.0. The lowest BCUT2D eigenvalue weighted by atomic mass is 10.2. The van der Waals surface area contributed by atoms with E-state index in [4.69, 9.17) is 5.11 Å². The summed E-state index contributed by atoms with van der Waals surface area (Å²) >= 11 is 1.29. The topological polar surface area (TPSA) is 110 Å². The van der Waals surface area contributed by atoms with Gasteiger partial charge in [-0.05, 0) is 25.0 Å². The number of carbonyl (C=O) groups is 2. The maximum atomic E-state index is 12.0. The van der Waals surface area contributed by atoms with E-state index in [2.05, 4.69) is 5.32 Å². The second-order valence-electron chi connectivity index (χ2n) is 5.05. The van der Waals surface area contributed by atoms with Crippen LogP contribution < -0.4 is 5.32 Å². The van der Waals surface area contributed by atoms with Crippen LogP contribution in [-0.4, -0.2) is 28.5 Å². The highest BCUT2D eigenvalue weighted by Crippen LogP contribution is 2.28. The molecule has 0 saturated carbocycles. The smallest absolute Gasteiger partial charge is 0.303 e. The number of unbranched alkanes of at least 4 members (excludes halogenated alkanes) is 2. The van der Waals surface area contributed by atoms with Crippen molar-refractivity contribution in [3.05, 3.63) is 39.3 Å². The molecule has 0 saturated heterocycles. The quantitative estimate of drug-likeness (QED) is 0.437. The molecule has 2 N–H and O–H groups in total. The Labute approximate surface area is 136 Å². The largest absolute Gasteiger partial charge is 0.481 e. The Hall–Kier alpha value is -2.48. The molecule has 0 atom stereocenters. The Kier molecular flexibility index (Phi) is 5.64. The van der Waals surface area contributed by atoms with Crippen molar-refractivity contribution in [1.29, 1.82) is 0 Å². The number of carbonyl (C=O) groups excluding carboxylic acids is 1. The maximum Gasteiger partial charge on any atom is 0.303 e. The molecule has 0 aliphatic rings.